The van der Waals surface area contributed by atoms with E-state index < -0.39 is 46.8 Å². The molecule has 55 heavy (non-hydrogen) atoms. The van der Waals surface area contributed by atoms with Gasteiger partial charge in [0.15, 0.2) is 11.5 Å². The molecule has 4 heterocycles. The third kappa shape index (κ3) is 5.16. The van der Waals surface area contributed by atoms with Crippen molar-refractivity contribution >= 4 is 74.1 Å². The average Bonchev–Trinajstić information content (AvgIpc) is 3.84. The molecule has 6 unspecified atom stereocenters. The molecule has 0 bridgehead atoms. The van der Waals surface area contributed by atoms with Gasteiger partial charge < -0.3 is 9.84 Å². The molecule has 4 amide bonds. The molecule has 2 aliphatic heterocycles. The molecular weight excluding hydrogens is 759 g/mol. The Morgan fingerprint density at radius 3 is 2.49 bits per heavy atom. The van der Waals surface area contributed by atoms with E-state index >= 15 is 4.79 Å². The second kappa shape index (κ2) is 12.8. The molecule has 6 atom stereocenters. The number of anilines is 1. The van der Waals surface area contributed by atoms with E-state index in [0.717, 1.165) is 31.7 Å². The molecule has 0 spiro atoms. The summed E-state index contributed by atoms with van der Waals surface area (Å²) < 4.78 is 8.10. The molecule has 2 aromatic heterocycles. The number of carbonyl (C=O) groups excluding carboxylic acids is 4. The molecule has 280 valence electrons. The quantitative estimate of drug-likeness (QED) is 0.136. The Labute approximate surface area is 330 Å². The fourth-order valence-corrected chi connectivity index (χ4v) is 11.3. The number of hydrogen-bond donors (Lipinski definition) is 1. The Hall–Kier alpha value is -4.97. The van der Waals surface area contributed by atoms with Gasteiger partial charge in [-0.15, -0.1) is 11.3 Å². The lowest BCUT2D eigenvalue weighted by atomic mass is 9.51. The number of phenolic OH excluding ortho intramolecular Hbond substituents is 1. The number of benzene rings is 3. The number of aromatic nitrogens is 2. The van der Waals surface area contributed by atoms with Crippen LogP contribution in [0.5, 0.6) is 11.5 Å². The summed E-state index contributed by atoms with van der Waals surface area (Å²) in [5, 5.41) is 17.2. The number of amides is 4. The monoisotopic (exact) mass is 794 g/mol. The van der Waals surface area contributed by atoms with Gasteiger partial charge in [-0.1, -0.05) is 65.2 Å². The number of fused-ring (bicyclic) bond motifs is 5. The van der Waals surface area contributed by atoms with Crippen LogP contribution in [0.3, 0.4) is 0 Å². The molecule has 0 radical (unpaired) electrons. The lowest BCUT2D eigenvalue weighted by molar-refractivity contribution is -0.141. The van der Waals surface area contributed by atoms with E-state index in [0.29, 0.717) is 28.5 Å². The first-order valence-corrected chi connectivity index (χ1v) is 19.7. The number of ether oxygens (including phenoxy) is 1. The highest BCUT2D eigenvalue weighted by Crippen LogP contribution is 2.64. The van der Waals surface area contributed by atoms with Crippen molar-refractivity contribution in [1.82, 2.24) is 14.7 Å². The summed E-state index contributed by atoms with van der Waals surface area (Å²) in [5.74, 6) is -4.52. The number of thiophene rings is 1. The number of aryl methyl sites for hydroxylation is 2. The zero-order chi connectivity index (χ0) is 38.7. The maximum absolute atomic E-state index is 15.2. The Morgan fingerprint density at radius 2 is 1.75 bits per heavy atom. The predicted octanol–water partition coefficient (Wildman–Crippen LogP) is 8.06. The van der Waals surface area contributed by atoms with E-state index in [4.69, 9.17) is 33.0 Å². The van der Waals surface area contributed by atoms with Crippen molar-refractivity contribution in [2.24, 2.45) is 36.1 Å². The van der Waals surface area contributed by atoms with Gasteiger partial charge in [0, 0.05) is 28.8 Å². The first kappa shape index (κ1) is 35.7. The molecule has 1 N–H and O–H groups in total. The van der Waals surface area contributed by atoms with E-state index in [-0.39, 0.29) is 41.3 Å². The predicted molar refractivity (Wildman–Crippen MR) is 210 cm³/mol. The molecule has 4 aliphatic rings. The molecular formula is C42H36Cl2N4O6S. The summed E-state index contributed by atoms with van der Waals surface area (Å²) in [6, 6.07) is 20.1. The van der Waals surface area contributed by atoms with Gasteiger partial charge in [-0.05, 0) is 85.0 Å². The molecule has 10 nitrogen and oxygen atoms in total. The summed E-state index contributed by atoms with van der Waals surface area (Å²) in [5.41, 5.74) is 2.49. The van der Waals surface area contributed by atoms with Crippen LogP contribution in [0.2, 0.25) is 10.0 Å². The van der Waals surface area contributed by atoms with Crippen LogP contribution < -0.4 is 9.64 Å². The number of nitrogens with zero attached hydrogens (tertiary/aromatic N) is 4. The highest BCUT2D eigenvalue weighted by atomic mass is 35.5. The van der Waals surface area contributed by atoms with E-state index in [9.17, 15) is 19.5 Å². The zero-order valence-corrected chi connectivity index (χ0v) is 32.7. The normalized spacial score (nSPS) is 26.1. The van der Waals surface area contributed by atoms with Crippen LogP contribution in [0.25, 0.3) is 20.7 Å². The number of likely N-dealkylation sites (tertiary alicyclic amines) is 1. The molecule has 5 aromatic rings. The van der Waals surface area contributed by atoms with Crippen molar-refractivity contribution in [3.05, 3.63) is 105 Å². The van der Waals surface area contributed by atoms with E-state index in [1.807, 2.05) is 61.5 Å². The minimum Gasteiger partial charge on any atom is -0.503 e. The summed E-state index contributed by atoms with van der Waals surface area (Å²) in [4.78, 5) is 61.9. The summed E-state index contributed by atoms with van der Waals surface area (Å²) in [7, 11) is 3.12. The number of halogens is 2. The minimum absolute atomic E-state index is 0.0250. The van der Waals surface area contributed by atoms with Crippen LogP contribution in [0.1, 0.15) is 42.4 Å². The third-order valence-electron chi connectivity index (χ3n) is 12.4. The van der Waals surface area contributed by atoms with Gasteiger partial charge >= 0.3 is 0 Å². The van der Waals surface area contributed by atoms with Crippen LogP contribution in [0.4, 0.5) is 5.82 Å². The molecule has 2 aliphatic carbocycles. The van der Waals surface area contributed by atoms with Gasteiger partial charge in [0.05, 0.1) is 46.7 Å². The van der Waals surface area contributed by atoms with E-state index in [1.165, 1.54) is 16.9 Å². The summed E-state index contributed by atoms with van der Waals surface area (Å²) >= 11 is 14.5. The van der Waals surface area contributed by atoms with Crippen LogP contribution in [-0.2, 0) is 32.8 Å². The second-order valence-corrected chi connectivity index (χ2v) is 17.1. The molecule has 2 saturated heterocycles. The largest absolute Gasteiger partial charge is 0.503 e. The number of imide groups is 2. The van der Waals surface area contributed by atoms with Crippen LogP contribution in [0, 0.1) is 36.0 Å². The lowest BCUT2D eigenvalue weighted by Gasteiger charge is -2.49. The number of rotatable bonds is 6. The van der Waals surface area contributed by atoms with Gasteiger partial charge in [0.25, 0.3) is 0 Å². The second-order valence-electron chi connectivity index (χ2n) is 15.2. The molecule has 3 fully saturated rings. The number of phenols is 1. The van der Waals surface area contributed by atoms with Crippen molar-refractivity contribution in [1.29, 1.82) is 0 Å². The Bertz CT molecular complexity index is 2530. The molecule has 13 heteroatoms. The fraction of sp³-hybridized carbons (Fsp3) is 0.310. The number of methoxy groups -OCH3 is 1. The lowest BCUT2D eigenvalue weighted by Crippen LogP contribution is -2.48. The van der Waals surface area contributed by atoms with Gasteiger partial charge in [-0.2, -0.15) is 5.10 Å². The van der Waals surface area contributed by atoms with Crippen LogP contribution in [-0.4, -0.2) is 50.5 Å². The maximum Gasteiger partial charge on any atom is 0.242 e. The van der Waals surface area contributed by atoms with E-state index in [2.05, 4.69) is 0 Å². The summed E-state index contributed by atoms with van der Waals surface area (Å²) in [6.07, 6.45) is 2.49. The van der Waals surface area contributed by atoms with Crippen LogP contribution in [0.15, 0.2) is 78.4 Å². The maximum atomic E-state index is 15.2. The first-order chi connectivity index (χ1) is 26.3. The first-order valence-electron chi connectivity index (χ1n) is 18.1. The molecule has 9 rings (SSSR count). The standard InChI is InChI=1S/C42H36Cl2N4O6S/c1-20-26-16-23(43)10-13-32(26)55-37(20)30-18-33(46(3)45-30)48-39(51)28-17-27-24(35(42(28,2)41(48)53)22-14-29(44)36(49)31(15-22)54-4)11-12-25-34(27)40(52)47(38(25)50)19-21-8-6-5-7-9-21/h5-11,13-16,18,25,27-28,34-35,49H,12,17,19H2,1-4H3. The Morgan fingerprint density at radius 1 is 0.982 bits per heavy atom. The van der Waals surface area contributed by atoms with Gasteiger partial charge in [0.1, 0.15) is 11.5 Å². The van der Waals surface area contributed by atoms with E-state index in [1.54, 1.807) is 48.2 Å². The van der Waals surface area contributed by atoms with Gasteiger partial charge in [-0.3, -0.25) is 28.8 Å². The van der Waals surface area contributed by atoms with Crippen molar-refractivity contribution in [2.45, 2.75) is 39.2 Å². The van der Waals surface area contributed by atoms with Crippen molar-refractivity contribution < 1.29 is 29.0 Å². The summed E-state index contributed by atoms with van der Waals surface area (Å²) in [6.45, 7) is 3.96. The smallest absolute Gasteiger partial charge is 0.242 e. The van der Waals surface area contributed by atoms with Crippen molar-refractivity contribution in [3.63, 3.8) is 0 Å². The average molecular weight is 796 g/mol. The van der Waals surface area contributed by atoms with Gasteiger partial charge in [-0.25, -0.2) is 4.90 Å². The highest BCUT2D eigenvalue weighted by Gasteiger charge is 2.68. The number of hydrogen-bond acceptors (Lipinski definition) is 8. The third-order valence-corrected chi connectivity index (χ3v) is 14.2. The fourth-order valence-electron chi connectivity index (χ4n) is 9.73. The number of allylic oxidation sites excluding steroid dienone is 2. The highest BCUT2D eigenvalue weighted by molar-refractivity contribution is 7.22. The topological polar surface area (TPSA) is 122 Å². The number of carbonyl (C=O) groups is 4. The minimum atomic E-state index is -1.33. The molecule has 3 aromatic carbocycles. The Kier molecular flexibility index (Phi) is 8.31. The SMILES string of the molecule is COc1cc(C2C3=CCC4C(=O)N(Cc5ccccc5)C(=O)C4C3CC3C(=O)N(c4cc(-c5sc6ccc(Cl)cc6c5C)nn4C)C(=O)C32C)cc(Cl)c1O. The van der Waals surface area contributed by atoms with Crippen molar-refractivity contribution in [2.75, 3.05) is 12.0 Å². The van der Waals surface area contributed by atoms with Gasteiger partial charge in [0.2, 0.25) is 23.6 Å². The van der Waals surface area contributed by atoms with Crippen LogP contribution >= 0.6 is 34.5 Å². The van der Waals surface area contributed by atoms with Crippen molar-refractivity contribution in [3.8, 4) is 22.1 Å². The number of aromatic hydroxyl groups is 1. The zero-order valence-electron chi connectivity index (χ0n) is 30.4. The molecule has 1 saturated carbocycles. The Balaban J connectivity index is 1.15.